The van der Waals surface area contributed by atoms with Crippen molar-refractivity contribution in [3.8, 4) is 5.75 Å². The molecule has 3 heteroatoms. The van der Waals surface area contributed by atoms with Crippen molar-refractivity contribution in [2.75, 3.05) is 13.7 Å². The van der Waals surface area contributed by atoms with Gasteiger partial charge in [-0.15, -0.1) is 0 Å². The predicted octanol–water partition coefficient (Wildman–Crippen LogP) is 2.27. The smallest absolute Gasteiger partial charge is 0.330 e. The molecule has 0 amide bonds. The molecule has 0 unspecified atom stereocenters. The molecule has 0 fully saturated rings. The molecule has 1 aromatic carbocycles. The lowest BCUT2D eigenvalue weighted by atomic mass is 10.2. The molecule has 0 bridgehead atoms. The van der Waals surface area contributed by atoms with Crippen molar-refractivity contribution < 1.29 is 14.3 Å². The van der Waals surface area contributed by atoms with E-state index in [0.717, 1.165) is 11.3 Å². The number of esters is 1. The zero-order chi connectivity index (χ0) is 11.1. The van der Waals surface area contributed by atoms with Crippen molar-refractivity contribution >= 4 is 12.0 Å². The maximum absolute atomic E-state index is 11.1. The summed E-state index contributed by atoms with van der Waals surface area (Å²) < 4.78 is 9.90. The van der Waals surface area contributed by atoms with Gasteiger partial charge in [-0.2, -0.15) is 0 Å². The maximum Gasteiger partial charge on any atom is 0.330 e. The number of hydrogen-bond donors (Lipinski definition) is 0. The number of rotatable bonds is 4. The molecule has 1 rings (SSSR count). The third kappa shape index (κ3) is 3.46. The highest BCUT2D eigenvalue weighted by Crippen LogP contribution is 2.18. The van der Waals surface area contributed by atoms with Crippen molar-refractivity contribution in [3.63, 3.8) is 0 Å². The van der Waals surface area contributed by atoms with Gasteiger partial charge in [0.25, 0.3) is 0 Å². The van der Waals surface area contributed by atoms with E-state index in [1.54, 1.807) is 20.1 Å². The van der Waals surface area contributed by atoms with Crippen LogP contribution in [0.4, 0.5) is 0 Å². The van der Waals surface area contributed by atoms with Crippen LogP contribution in [0.15, 0.2) is 30.3 Å². The predicted molar refractivity (Wildman–Crippen MR) is 58.7 cm³/mol. The van der Waals surface area contributed by atoms with Crippen LogP contribution in [0.5, 0.6) is 5.75 Å². The van der Waals surface area contributed by atoms with E-state index in [1.165, 1.54) is 6.08 Å². The Morgan fingerprint density at radius 1 is 1.40 bits per heavy atom. The molecule has 1 aromatic rings. The van der Waals surface area contributed by atoms with E-state index in [9.17, 15) is 4.79 Å². The summed E-state index contributed by atoms with van der Waals surface area (Å²) in [6.45, 7) is 2.16. The first-order valence-corrected chi connectivity index (χ1v) is 4.75. The molecule has 0 saturated heterocycles. The largest absolute Gasteiger partial charge is 0.496 e. The van der Waals surface area contributed by atoms with E-state index >= 15 is 0 Å². The Balaban J connectivity index is 2.75. The molecule has 0 aliphatic heterocycles. The van der Waals surface area contributed by atoms with Crippen molar-refractivity contribution in [3.05, 3.63) is 35.9 Å². The van der Waals surface area contributed by atoms with E-state index in [0.29, 0.717) is 6.61 Å². The molecule has 0 saturated carbocycles. The fourth-order valence-electron chi connectivity index (χ4n) is 1.15. The zero-order valence-electron chi connectivity index (χ0n) is 8.90. The summed E-state index contributed by atoms with van der Waals surface area (Å²) in [5.41, 5.74) is 0.855. The Hall–Kier alpha value is -1.77. The molecule has 0 aliphatic rings. The third-order valence-electron chi connectivity index (χ3n) is 1.82. The lowest BCUT2D eigenvalue weighted by molar-refractivity contribution is -0.137. The molecule has 0 N–H and O–H groups in total. The van der Waals surface area contributed by atoms with Gasteiger partial charge in [-0.05, 0) is 19.1 Å². The molecule has 0 aromatic heterocycles. The number of hydrogen-bond acceptors (Lipinski definition) is 3. The highest BCUT2D eigenvalue weighted by atomic mass is 16.5. The van der Waals surface area contributed by atoms with Crippen LogP contribution < -0.4 is 4.74 Å². The van der Waals surface area contributed by atoms with E-state index in [1.807, 2.05) is 24.3 Å². The average molecular weight is 206 g/mol. The molecule has 0 aliphatic carbocycles. The fraction of sp³-hybridized carbons (Fsp3) is 0.250. The summed E-state index contributed by atoms with van der Waals surface area (Å²) in [5, 5.41) is 0. The van der Waals surface area contributed by atoms with Gasteiger partial charge in [-0.25, -0.2) is 4.79 Å². The molecular formula is C12H14O3. The summed E-state index contributed by atoms with van der Waals surface area (Å²) in [5.74, 6) is 0.390. The van der Waals surface area contributed by atoms with Crippen molar-refractivity contribution in [2.24, 2.45) is 0 Å². The first-order chi connectivity index (χ1) is 7.27. The van der Waals surface area contributed by atoms with E-state index < -0.39 is 0 Å². The third-order valence-corrected chi connectivity index (χ3v) is 1.82. The monoisotopic (exact) mass is 206 g/mol. The Labute approximate surface area is 89.3 Å². The molecule has 15 heavy (non-hydrogen) atoms. The first kappa shape index (κ1) is 11.3. The molecule has 0 radical (unpaired) electrons. The number of benzene rings is 1. The van der Waals surface area contributed by atoms with Crippen molar-refractivity contribution in [2.45, 2.75) is 6.92 Å². The number of ether oxygens (including phenoxy) is 2. The number of methoxy groups -OCH3 is 1. The van der Waals surface area contributed by atoms with Gasteiger partial charge in [0.15, 0.2) is 0 Å². The maximum atomic E-state index is 11.1. The van der Waals surface area contributed by atoms with Crippen LogP contribution >= 0.6 is 0 Å². The SMILES string of the molecule is CCOC(=O)/C=C\c1ccccc1OC. The number of para-hydroxylation sites is 1. The van der Waals surface area contributed by atoms with Crippen LogP contribution in [-0.4, -0.2) is 19.7 Å². The summed E-state index contributed by atoms with van der Waals surface area (Å²) in [4.78, 5) is 11.1. The quantitative estimate of drug-likeness (QED) is 0.560. The van der Waals surface area contributed by atoms with Crippen LogP contribution in [0.3, 0.4) is 0 Å². The van der Waals surface area contributed by atoms with Gasteiger partial charge in [0.2, 0.25) is 0 Å². The van der Waals surface area contributed by atoms with E-state index in [-0.39, 0.29) is 5.97 Å². The lowest BCUT2D eigenvalue weighted by Gasteiger charge is -2.03. The second-order valence-electron chi connectivity index (χ2n) is 2.83. The van der Waals surface area contributed by atoms with Crippen molar-refractivity contribution in [1.29, 1.82) is 0 Å². The van der Waals surface area contributed by atoms with Gasteiger partial charge >= 0.3 is 5.97 Å². The number of carbonyl (C=O) groups is 1. The topological polar surface area (TPSA) is 35.5 Å². The Morgan fingerprint density at radius 2 is 2.13 bits per heavy atom. The van der Waals surface area contributed by atoms with Crippen LogP contribution in [-0.2, 0) is 9.53 Å². The summed E-state index contributed by atoms with van der Waals surface area (Å²) in [6.07, 6.45) is 3.07. The Morgan fingerprint density at radius 3 is 2.80 bits per heavy atom. The standard InChI is InChI=1S/C12H14O3/c1-3-15-12(13)9-8-10-6-4-5-7-11(10)14-2/h4-9H,3H2,1-2H3/b9-8-. The van der Waals surface area contributed by atoms with Gasteiger partial charge in [0.1, 0.15) is 5.75 Å². The van der Waals surface area contributed by atoms with Crippen LogP contribution in [0, 0.1) is 0 Å². The van der Waals surface area contributed by atoms with Gasteiger partial charge in [-0.1, -0.05) is 18.2 Å². The van der Waals surface area contributed by atoms with Gasteiger partial charge in [0.05, 0.1) is 13.7 Å². The molecule has 3 nitrogen and oxygen atoms in total. The normalized spacial score (nSPS) is 10.3. The molecule has 0 atom stereocenters. The second kappa shape index (κ2) is 5.86. The molecule has 80 valence electrons. The summed E-state index contributed by atoms with van der Waals surface area (Å²) in [6, 6.07) is 7.47. The highest BCUT2D eigenvalue weighted by Gasteiger charge is 1.98. The minimum absolute atomic E-state index is 0.344. The highest BCUT2D eigenvalue weighted by molar-refractivity contribution is 5.87. The van der Waals surface area contributed by atoms with Gasteiger partial charge in [0, 0.05) is 11.6 Å². The van der Waals surface area contributed by atoms with Crippen molar-refractivity contribution in [1.82, 2.24) is 0 Å². The number of carbonyl (C=O) groups excluding carboxylic acids is 1. The van der Waals surface area contributed by atoms with Gasteiger partial charge < -0.3 is 9.47 Å². The Kier molecular flexibility index (Phi) is 4.41. The summed E-state index contributed by atoms with van der Waals surface area (Å²) >= 11 is 0. The molecule has 0 heterocycles. The minimum atomic E-state index is -0.344. The van der Waals surface area contributed by atoms with E-state index in [2.05, 4.69) is 0 Å². The van der Waals surface area contributed by atoms with Gasteiger partial charge in [-0.3, -0.25) is 0 Å². The lowest BCUT2D eigenvalue weighted by Crippen LogP contribution is -1.98. The minimum Gasteiger partial charge on any atom is -0.496 e. The second-order valence-corrected chi connectivity index (χ2v) is 2.83. The van der Waals surface area contributed by atoms with Crippen LogP contribution in [0.25, 0.3) is 6.08 Å². The van der Waals surface area contributed by atoms with E-state index in [4.69, 9.17) is 9.47 Å². The Bertz CT molecular complexity index is 356. The summed E-state index contributed by atoms with van der Waals surface area (Å²) in [7, 11) is 1.59. The van der Waals surface area contributed by atoms with Crippen LogP contribution in [0.1, 0.15) is 12.5 Å². The average Bonchev–Trinajstić information content (AvgIpc) is 2.27. The molecular weight excluding hydrogens is 192 g/mol. The first-order valence-electron chi connectivity index (χ1n) is 4.75. The zero-order valence-corrected chi connectivity index (χ0v) is 8.90. The fourth-order valence-corrected chi connectivity index (χ4v) is 1.15. The molecule has 0 spiro atoms. The van der Waals surface area contributed by atoms with Crippen LogP contribution in [0.2, 0.25) is 0 Å².